The molecule has 0 saturated heterocycles. The molecule has 0 radical (unpaired) electrons. The third kappa shape index (κ3) is 3.88. The lowest BCUT2D eigenvalue weighted by atomic mass is 9.84. The zero-order valence-corrected chi connectivity index (χ0v) is 16.9. The number of rotatable bonds is 8. The summed E-state index contributed by atoms with van der Waals surface area (Å²) in [7, 11) is 0. The number of nitriles is 1. The fraction of sp³-hybridized carbons (Fsp3) is 0.571. The van der Waals surface area contributed by atoms with Gasteiger partial charge >= 0.3 is 0 Å². The van der Waals surface area contributed by atoms with Crippen molar-refractivity contribution in [1.29, 1.82) is 5.26 Å². The van der Waals surface area contributed by atoms with Crippen molar-refractivity contribution in [1.82, 2.24) is 14.8 Å². The van der Waals surface area contributed by atoms with E-state index in [0.29, 0.717) is 18.1 Å². The number of ether oxygens (including phenoxy) is 1. The molecule has 4 atom stereocenters. The van der Waals surface area contributed by atoms with E-state index in [1.807, 2.05) is 0 Å². The molecule has 1 aromatic heterocycles. The fourth-order valence-corrected chi connectivity index (χ4v) is 5.77. The molecule has 2 fully saturated rings. The van der Waals surface area contributed by atoms with Crippen LogP contribution < -0.4 is 4.74 Å². The van der Waals surface area contributed by atoms with Crippen LogP contribution in [0.3, 0.4) is 0 Å². The number of hydrogen-bond donors (Lipinski definition) is 0. The van der Waals surface area contributed by atoms with Crippen LogP contribution in [-0.4, -0.2) is 20.5 Å². The minimum absolute atomic E-state index is 0.178. The van der Waals surface area contributed by atoms with Crippen LogP contribution in [0.25, 0.3) is 0 Å². The maximum Gasteiger partial charge on any atom is 0.191 e. The van der Waals surface area contributed by atoms with Gasteiger partial charge in [-0.15, -0.1) is 10.2 Å². The van der Waals surface area contributed by atoms with Gasteiger partial charge in [0.2, 0.25) is 0 Å². The van der Waals surface area contributed by atoms with E-state index < -0.39 is 0 Å². The van der Waals surface area contributed by atoms with E-state index in [1.54, 1.807) is 30.0 Å². The highest BCUT2D eigenvalue weighted by Gasteiger charge is 2.43. The summed E-state index contributed by atoms with van der Waals surface area (Å²) in [5.41, 5.74) is 0. The van der Waals surface area contributed by atoms with Crippen LogP contribution >= 0.6 is 11.8 Å². The Labute approximate surface area is 169 Å². The topological polar surface area (TPSA) is 63.7 Å². The molecule has 1 aromatic carbocycles. The molecule has 0 aliphatic heterocycles. The summed E-state index contributed by atoms with van der Waals surface area (Å²) >= 11 is 1.56. The molecule has 0 unspecified atom stereocenters. The van der Waals surface area contributed by atoms with Crippen molar-refractivity contribution in [3.8, 4) is 11.8 Å². The van der Waals surface area contributed by atoms with Crippen molar-refractivity contribution in [2.24, 2.45) is 17.8 Å². The van der Waals surface area contributed by atoms with E-state index in [0.717, 1.165) is 22.8 Å². The average molecular weight is 401 g/mol. The van der Waals surface area contributed by atoms with Crippen molar-refractivity contribution >= 4 is 11.8 Å². The Morgan fingerprint density at radius 1 is 1.32 bits per heavy atom. The molecular weight excluding hydrogens is 375 g/mol. The Hall–Kier alpha value is -2.07. The number of thioether (sulfide) groups is 1. The largest absolute Gasteiger partial charge is 0.483 e. The number of hydrogen-bond acceptors (Lipinski definition) is 5. The van der Waals surface area contributed by atoms with Gasteiger partial charge in [0.05, 0.1) is 6.07 Å². The summed E-state index contributed by atoms with van der Waals surface area (Å²) < 4.78 is 21.8. The van der Waals surface area contributed by atoms with Crippen LogP contribution in [0.5, 0.6) is 5.75 Å². The normalized spacial score (nSPS) is 24.2. The lowest BCUT2D eigenvalue weighted by molar-refractivity contribution is 0.215. The maximum absolute atomic E-state index is 13.9. The van der Waals surface area contributed by atoms with Gasteiger partial charge in [0.1, 0.15) is 6.61 Å². The van der Waals surface area contributed by atoms with E-state index in [4.69, 9.17) is 10.00 Å². The van der Waals surface area contributed by atoms with Crippen molar-refractivity contribution in [3.63, 3.8) is 0 Å². The zero-order valence-electron chi connectivity index (χ0n) is 16.1. The number of halogens is 1. The van der Waals surface area contributed by atoms with E-state index >= 15 is 0 Å². The van der Waals surface area contributed by atoms with Gasteiger partial charge in [-0.25, -0.2) is 4.39 Å². The molecule has 0 spiro atoms. The number of nitrogens with zero attached hydrogens (tertiary/aromatic N) is 4. The highest BCUT2D eigenvalue weighted by molar-refractivity contribution is 7.99. The van der Waals surface area contributed by atoms with E-state index in [2.05, 4.69) is 27.8 Å². The summed E-state index contributed by atoms with van der Waals surface area (Å²) in [6.07, 6.45) is 5.76. The molecule has 2 aliphatic rings. The second-order valence-corrected chi connectivity index (χ2v) is 8.89. The van der Waals surface area contributed by atoms with Crippen LogP contribution in [0.15, 0.2) is 29.4 Å². The Kier molecular flexibility index (Phi) is 5.86. The predicted molar refractivity (Wildman–Crippen MR) is 105 cm³/mol. The first kappa shape index (κ1) is 19.3. The molecule has 2 bridgehead atoms. The van der Waals surface area contributed by atoms with Gasteiger partial charge in [-0.2, -0.15) is 5.26 Å². The minimum Gasteiger partial charge on any atom is -0.483 e. The zero-order chi connectivity index (χ0) is 19.5. The maximum atomic E-state index is 13.9. The van der Waals surface area contributed by atoms with Crippen molar-refractivity contribution in [3.05, 3.63) is 35.9 Å². The Balaban J connectivity index is 1.55. The average Bonchev–Trinajstić information content (AvgIpc) is 3.43. The molecule has 2 aliphatic carbocycles. The third-order valence-electron chi connectivity index (χ3n) is 6.19. The van der Waals surface area contributed by atoms with Crippen molar-refractivity contribution in [2.45, 2.75) is 56.8 Å². The van der Waals surface area contributed by atoms with Gasteiger partial charge in [0.25, 0.3) is 0 Å². The standard InChI is InChI=1S/C21H25FN4OS/c1-14(17-12-15-7-8-16(17)11-15)26-20(24-25-21(26)28-10-4-9-23)13-27-19-6-3-2-5-18(19)22/h2-3,5-6,14-17H,4,7-8,10-13H2,1H3/t14-,15+,16+,17+/m0/s1. The molecule has 2 saturated carbocycles. The first-order valence-corrected chi connectivity index (χ1v) is 11.0. The van der Waals surface area contributed by atoms with Gasteiger partial charge in [-0.1, -0.05) is 30.3 Å². The lowest BCUT2D eigenvalue weighted by Crippen LogP contribution is -2.24. The van der Waals surface area contributed by atoms with Gasteiger partial charge < -0.3 is 4.74 Å². The summed E-state index contributed by atoms with van der Waals surface area (Å²) in [6, 6.07) is 8.86. The molecule has 0 amide bonds. The van der Waals surface area contributed by atoms with Gasteiger partial charge in [0, 0.05) is 18.2 Å². The number of benzene rings is 1. The molecular formula is C21H25FN4OS. The lowest BCUT2D eigenvalue weighted by Gasteiger charge is -2.30. The second kappa shape index (κ2) is 8.52. The summed E-state index contributed by atoms with van der Waals surface area (Å²) in [6.45, 7) is 2.42. The number of para-hydroxylation sites is 1. The monoisotopic (exact) mass is 400 g/mol. The minimum atomic E-state index is -0.377. The van der Waals surface area contributed by atoms with E-state index in [9.17, 15) is 4.39 Å². The summed E-state index contributed by atoms with van der Waals surface area (Å²) in [4.78, 5) is 0. The molecule has 28 heavy (non-hydrogen) atoms. The van der Waals surface area contributed by atoms with Crippen LogP contribution in [0.1, 0.15) is 50.9 Å². The second-order valence-electron chi connectivity index (χ2n) is 7.82. The summed E-state index contributed by atoms with van der Waals surface area (Å²) in [5.74, 6) is 3.52. The van der Waals surface area contributed by atoms with Gasteiger partial charge in [0.15, 0.2) is 22.5 Å². The molecule has 7 heteroatoms. The van der Waals surface area contributed by atoms with E-state index in [1.165, 1.54) is 31.7 Å². The molecule has 5 nitrogen and oxygen atoms in total. The van der Waals surface area contributed by atoms with Crippen molar-refractivity contribution < 1.29 is 9.13 Å². The highest BCUT2D eigenvalue weighted by atomic mass is 32.2. The smallest absolute Gasteiger partial charge is 0.191 e. The predicted octanol–water partition coefficient (Wildman–Crippen LogP) is 5.00. The van der Waals surface area contributed by atoms with E-state index in [-0.39, 0.29) is 24.2 Å². The first-order valence-electron chi connectivity index (χ1n) is 9.98. The van der Waals surface area contributed by atoms with Gasteiger partial charge in [-0.3, -0.25) is 4.57 Å². The van der Waals surface area contributed by atoms with Crippen molar-refractivity contribution in [2.75, 3.05) is 5.75 Å². The first-order chi connectivity index (χ1) is 13.7. The molecule has 2 aromatic rings. The molecule has 0 N–H and O–H groups in total. The van der Waals surface area contributed by atoms with Crippen LogP contribution in [0.4, 0.5) is 4.39 Å². The Morgan fingerprint density at radius 2 is 2.18 bits per heavy atom. The van der Waals surface area contributed by atoms with Crippen LogP contribution in [-0.2, 0) is 6.61 Å². The molecule has 148 valence electrons. The Morgan fingerprint density at radius 3 is 2.89 bits per heavy atom. The van der Waals surface area contributed by atoms with Gasteiger partial charge in [-0.05, 0) is 56.1 Å². The SMILES string of the molecule is C[C@@H]([C@H]1C[C@@H]2CC[C@@H]1C2)n1c(COc2ccccc2F)nnc1SCCC#N. The molecule has 4 rings (SSSR count). The Bertz CT molecular complexity index is 864. The third-order valence-corrected chi connectivity index (χ3v) is 7.14. The number of fused-ring (bicyclic) bond motifs is 2. The fourth-order valence-electron chi connectivity index (χ4n) is 4.88. The van der Waals surface area contributed by atoms with Crippen LogP contribution in [0, 0.1) is 34.9 Å². The van der Waals surface area contributed by atoms with Crippen LogP contribution in [0.2, 0.25) is 0 Å². The number of aromatic nitrogens is 3. The highest BCUT2D eigenvalue weighted by Crippen LogP contribution is 2.52. The quantitative estimate of drug-likeness (QED) is 0.461. The summed E-state index contributed by atoms with van der Waals surface area (Å²) in [5, 5.41) is 18.4. The molecule has 1 heterocycles.